The van der Waals surface area contributed by atoms with Crippen molar-refractivity contribution in [1.82, 2.24) is 0 Å². The molecular formula is C16H16BrNO3. The smallest absolute Gasteiger partial charge is 0.411 e. The van der Waals surface area contributed by atoms with E-state index in [2.05, 4.69) is 26.0 Å². The molecule has 1 N–H and O–H groups in total. The highest BCUT2D eigenvalue weighted by atomic mass is 79.9. The summed E-state index contributed by atoms with van der Waals surface area (Å²) < 4.78 is 11.3. The van der Waals surface area contributed by atoms with Crippen LogP contribution < -0.4 is 10.1 Å². The van der Waals surface area contributed by atoms with E-state index in [1.807, 2.05) is 43.3 Å². The van der Waals surface area contributed by atoms with Gasteiger partial charge in [-0.15, -0.1) is 0 Å². The number of hydrogen-bond acceptors (Lipinski definition) is 3. The Morgan fingerprint density at radius 1 is 1.24 bits per heavy atom. The monoisotopic (exact) mass is 349 g/mol. The third-order valence-electron chi connectivity index (χ3n) is 2.91. The largest absolute Gasteiger partial charge is 0.488 e. The van der Waals surface area contributed by atoms with E-state index in [-0.39, 0.29) is 0 Å². The topological polar surface area (TPSA) is 47.6 Å². The molecule has 0 aliphatic rings. The van der Waals surface area contributed by atoms with Crippen molar-refractivity contribution in [3.8, 4) is 5.75 Å². The Kier molecular flexibility index (Phi) is 5.22. The summed E-state index contributed by atoms with van der Waals surface area (Å²) in [6, 6.07) is 13.3. The summed E-state index contributed by atoms with van der Waals surface area (Å²) in [5.41, 5.74) is 2.70. The number of carbonyl (C=O) groups excluding carboxylic acids is 1. The third-order valence-corrected chi connectivity index (χ3v) is 3.53. The van der Waals surface area contributed by atoms with Gasteiger partial charge in [0.05, 0.1) is 17.3 Å². The molecule has 0 atom stereocenters. The second-order valence-electron chi connectivity index (χ2n) is 4.50. The van der Waals surface area contributed by atoms with E-state index in [1.54, 1.807) is 6.07 Å². The molecule has 0 aliphatic carbocycles. The molecule has 110 valence electrons. The van der Waals surface area contributed by atoms with E-state index in [0.717, 1.165) is 21.3 Å². The zero-order valence-corrected chi connectivity index (χ0v) is 13.4. The molecule has 0 spiro atoms. The number of para-hydroxylation sites is 1. The second-order valence-corrected chi connectivity index (χ2v) is 5.35. The number of carbonyl (C=O) groups is 1. The van der Waals surface area contributed by atoms with Gasteiger partial charge < -0.3 is 9.47 Å². The fraction of sp³-hybridized carbons (Fsp3) is 0.188. The van der Waals surface area contributed by atoms with Gasteiger partial charge in [-0.05, 0) is 46.6 Å². The maximum absolute atomic E-state index is 11.3. The Balaban J connectivity index is 2.11. The van der Waals surface area contributed by atoms with Crippen LogP contribution in [0.2, 0.25) is 0 Å². The number of methoxy groups -OCH3 is 1. The standard InChI is InChI=1S/C16H16BrNO3/c1-11-7-8-15(13(17)9-11)21-10-12-5-3-4-6-14(12)18-16(19)20-2/h3-9H,10H2,1-2H3,(H,18,19). The predicted octanol–water partition coefficient (Wildman–Crippen LogP) is 4.51. The van der Waals surface area contributed by atoms with Crippen molar-refractivity contribution < 1.29 is 14.3 Å². The first kappa shape index (κ1) is 15.4. The van der Waals surface area contributed by atoms with Crippen molar-refractivity contribution in [3.05, 3.63) is 58.1 Å². The van der Waals surface area contributed by atoms with Crippen molar-refractivity contribution in [2.24, 2.45) is 0 Å². The number of ether oxygens (including phenoxy) is 2. The molecule has 21 heavy (non-hydrogen) atoms. The lowest BCUT2D eigenvalue weighted by molar-refractivity contribution is 0.187. The number of benzene rings is 2. The molecule has 0 saturated carbocycles. The Labute approximate surface area is 132 Å². The fourth-order valence-corrected chi connectivity index (χ4v) is 2.42. The van der Waals surface area contributed by atoms with Crippen molar-refractivity contribution in [3.63, 3.8) is 0 Å². The SMILES string of the molecule is COC(=O)Nc1ccccc1COc1ccc(C)cc1Br. The van der Waals surface area contributed by atoms with Gasteiger partial charge in [0.1, 0.15) is 12.4 Å². The van der Waals surface area contributed by atoms with Gasteiger partial charge in [0.25, 0.3) is 0 Å². The van der Waals surface area contributed by atoms with Crippen LogP contribution in [-0.2, 0) is 11.3 Å². The molecule has 0 saturated heterocycles. The van der Waals surface area contributed by atoms with Gasteiger partial charge in [-0.1, -0.05) is 24.3 Å². The highest BCUT2D eigenvalue weighted by Crippen LogP contribution is 2.27. The summed E-state index contributed by atoms with van der Waals surface area (Å²) >= 11 is 3.48. The summed E-state index contributed by atoms with van der Waals surface area (Å²) in [7, 11) is 1.33. The van der Waals surface area contributed by atoms with E-state index in [4.69, 9.17) is 4.74 Å². The van der Waals surface area contributed by atoms with Crippen LogP contribution in [0.1, 0.15) is 11.1 Å². The second kappa shape index (κ2) is 7.13. The highest BCUT2D eigenvalue weighted by molar-refractivity contribution is 9.10. The minimum atomic E-state index is -0.501. The number of anilines is 1. The van der Waals surface area contributed by atoms with Gasteiger partial charge in [0.2, 0.25) is 0 Å². The average Bonchev–Trinajstić information content (AvgIpc) is 2.47. The normalized spacial score (nSPS) is 10.0. The van der Waals surface area contributed by atoms with E-state index in [9.17, 15) is 4.79 Å². The molecule has 0 bridgehead atoms. The number of rotatable bonds is 4. The Hall–Kier alpha value is -2.01. The molecule has 0 heterocycles. The average molecular weight is 350 g/mol. The van der Waals surface area contributed by atoms with Crippen LogP contribution in [0, 0.1) is 6.92 Å². The van der Waals surface area contributed by atoms with Gasteiger partial charge in [-0.25, -0.2) is 4.79 Å². The van der Waals surface area contributed by atoms with Crippen LogP contribution in [0.25, 0.3) is 0 Å². The molecule has 0 radical (unpaired) electrons. The Bertz CT molecular complexity index is 643. The van der Waals surface area contributed by atoms with Crippen LogP contribution in [0.3, 0.4) is 0 Å². The van der Waals surface area contributed by atoms with Gasteiger partial charge in [-0.3, -0.25) is 5.32 Å². The summed E-state index contributed by atoms with van der Waals surface area (Å²) in [4.78, 5) is 11.3. The zero-order valence-electron chi connectivity index (χ0n) is 11.9. The summed E-state index contributed by atoms with van der Waals surface area (Å²) in [6.07, 6.45) is -0.501. The molecule has 4 nitrogen and oxygen atoms in total. The highest BCUT2D eigenvalue weighted by Gasteiger charge is 2.08. The summed E-state index contributed by atoms with van der Waals surface area (Å²) in [5.74, 6) is 0.758. The van der Waals surface area contributed by atoms with Crippen molar-refractivity contribution >= 4 is 27.7 Å². The van der Waals surface area contributed by atoms with Crippen LogP contribution in [0.4, 0.5) is 10.5 Å². The van der Waals surface area contributed by atoms with Gasteiger partial charge in [-0.2, -0.15) is 0 Å². The fourth-order valence-electron chi connectivity index (χ4n) is 1.81. The molecule has 5 heteroatoms. The Morgan fingerprint density at radius 3 is 2.71 bits per heavy atom. The Morgan fingerprint density at radius 2 is 2.00 bits per heavy atom. The molecule has 0 aliphatic heterocycles. The first-order chi connectivity index (χ1) is 10.1. The van der Waals surface area contributed by atoms with E-state index in [0.29, 0.717) is 12.3 Å². The van der Waals surface area contributed by atoms with Gasteiger partial charge in [0, 0.05) is 5.56 Å². The molecule has 0 unspecified atom stereocenters. The minimum absolute atomic E-state index is 0.349. The number of hydrogen-bond donors (Lipinski definition) is 1. The first-order valence-electron chi connectivity index (χ1n) is 6.42. The van der Waals surface area contributed by atoms with Crippen LogP contribution >= 0.6 is 15.9 Å². The number of aryl methyl sites for hydroxylation is 1. The van der Waals surface area contributed by atoms with E-state index >= 15 is 0 Å². The van der Waals surface area contributed by atoms with Crippen LogP contribution in [0.5, 0.6) is 5.75 Å². The predicted molar refractivity (Wildman–Crippen MR) is 85.7 cm³/mol. The maximum atomic E-state index is 11.3. The quantitative estimate of drug-likeness (QED) is 0.882. The van der Waals surface area contributed by atoms with Gasteiger partial charge in [0.15, 0.2) is 0 Å². The van der Waals surface area contributed by atoms with Crippen molar-refractivity contribution in [2.45, 2.75) is 13.5 Å². The number of amides is 1. The molecule has 2 aromatic rings. The molecule has 2 rings (SSSR count). The molecular weight excluding hydrogens is 334 g/mol. The van der Waals surface area contributed by atoms with E-state index in [1.165, 1.54) is 7.11 Å². The summed E-state index contributed by atoms with van der Waals surface area (Å²) in [5, 5.41) is 2.67. The van der Waals surface area contributed by atoms with Crippen LogP contribution in [0.15, 0.2) is 46.9 Å². The minimum Gasteiger partial charge on any atom is -0.488 e. The van der Waals surface area contributed by atoms with E-state index < -0.39 is 6.09 Å². The van der Waals surface area contributed by atoms with Crippen LogP contribution in [-0.4, -0.2) is 13.2 Å². The third kappa shape index (κ3) is 4.23. The molecule has 1 amide bonds. The maximum Gasteiger partial charge on any atom is 0.411 e. The molecule has 2 aromatic carbocycles. The lowest BCUT2D eigenvalue weighted by Crippen LogP contribution is -2.13. The zero-order chi connectivity index (χ0) is 15.2. The lowest BCUT2D eigenvalue weighted by Gasteiger charge is -2.12. The van der Waals surface area contributed by atoms with Crippen molar-refractivity contribution in [2.75, 3.05) is 12.4 Å². The van der Waals surface area contributed by atoms with Gasteiger partial charge >= 0.3 is 6.09 Å². The number of nitrogens with one attached hydrogen (secondary N) is 1. The lowest BCUT2D eigenvalue weighted by atomic mass is 10.2. The first-order valence-corrected chi connectivity index (χ1v) is 7.21. The molecule has 0 aromatic heterocycles. The number of halogens is 1. The van der Waals surface area contributed by atoms with Crippen molar-refractivity contribution in [1.29, 1.82) is 0 Å². The summed E-state index contributed by atoms with van der Waals surface area (Å²) in [6.45, 7) is 2.37. The molecule has 0 fully saturated rings.